The van der Waals surface area contributed by atoms with Gasteiger partial charge in [-0.05, 0) is 48.9 Å². The van der Waals surface area contributed by atoms with Crippen molar-refractivity contribution in [2.45, 2.75) is 13.0 Å². The number of ether oxygens (including phenoxy) is 2. The van der Waals surface area contributed by atoms with E-state index in [9.17, 15) is 4.79 Å². The van der Waals surface area contributed by atoms with E-state index in [0.29, 0.717) is 26.6 Å². The first kappa shape index (κ1) is 17.2. The highest BCUT2D eigenvalue weighted by Gasteiger charge is 2.15. The molecule has 2 aromatic rings. The van der Waals surface area contributed by atoms with Crippen molar-refractivity contribution in [1.29, 1.82) is 0 Å². The van der Waals surface area contributed by atoms with E-state index in [1.54, 1.807) is 36.4 Å². The minimum atomic E-state index is -0.825. The number of halogens is 4. The first-order valence-corrected chi connectivity index (χ1v) is 7.66. The second kappa shape index (κ2) is 7.42. The van der Waals surface area contributed by atoms with Gasteiger partial charge in [-0.15, -0.1) is 0 Å². The van der Waals surface area contributed by atoms with Crippen molar-refractivity contribution >= 4 is 51.6 Å². The van der Waals surface area contributed by atoms with Gasteiger partial charge in [0.1, 0.15) is 17.2 Å². The average Bonchev–Trinajstić information content (AvgIpc) is 2.45. The molecule has 0 heterocycles. The Morgan fingerprint density at radius 2 is 1.73 bits per heavy atom. The lowest BCUT2D eigenvalue weighted by Crippen LogP contribution is -2.19. The molecule has 0 radical (unpaired) electrons. The zero-order valence-electron chi connectivity index (χ0n) is 11.3. The fraction of sp³-hybridized carbons (Fsp3) is 0.133. The number of hydrogen-bond acceptors (Lipinski definition) is 3. The fourth-order valence-corrected chi connectivity index (χ4v) is 2.21. The summed E-state index contributed by atoms with van der Waals surface area (Å²) < 4.78 is 11.0. The summed E-state index contributed by atoms with van der Waals surface area (Å²) in [6, 6.07) is 9.65. The number of hydrogen-bond donors (Lipinski definition) is 0. The maximum atomic E-state index is 11.0. The zero-order valence-corrected chi connectivity index (χ0v) is 14.3. The second-order valence-electron chi connectivity index (χ2n) is 4.33. The molecule has 3 nitrogen and oxygen atoms in total. The third-order valence-corrected chi connectivity index (χ3v) is 3.80. The Bertz CT molecular complexity index is 703. The largest absolute Gasteiger partial charge is 0.480 e. The van der Waals surface area contributed by atoms with Gasteiger partial charge < -0.3 is 9.47 Å². The Morgan fingerprint density at radius 1 is 1.00 bits per heavy atom. The highest BCUT2D eigenvalue weighted by atomic mass is 35.5. The third kappa shape index (κ3) is 4.43. The van der Waals surface area contributed by atoms with E-state index >= 15 is 0 Å². The molecule has 0 saturated carbocycles. The van der Waals surface area contributed by atoms with Crippen molar-refractivity contribution in [3.05, 3.63) is 51.5 Å². The fourth-order valence-electron chi connectivity index (χ4n) is 1.56. The second-order valence-corrected chi connectivity index (χ2v) is 5.96. The van der Waals surface area contributed by atoms with Gasteiger partial charge >= 0.3 is 0 Å². The van der Waals surface area contributed by atoms with Crippen molar-refractivity contribution in [3.63, 3.8) is 0 Å². The molecule has 0 N–H and O–H groups in total. The summed E-state index contributed by atoms with van der Waals surface area (Å²) in [5, 5.41) is 0.587. The molecule has 0 aliphatic carbocycles. The van der Waals surface area contributed by atoms with Gasteiger partial charge in [-0.2, -0.15) is 0 Å². The van der Waals surface area contributed by atoms with E-state index < -0.39 is 11.3 Å². The number of carbonyl (C=O) groups is 1. The number of rotatable bonds is 5. The van der Waals surface area contributed by atoms with Crippen LogP contribution in [0.25, 0.3) is 0 Å². The molecule has 0 saturated heterocycles. The van der Waals surface area contributed by atoms with E-state index in [2.05, 4.69) is 0 Å². The van der Waals surface area contributed by atoms with Gasteiger partial charge in [0, 0.05) is 11.1 Å². The molecule has 116 valence electrons. The van der Waals surface area contributed by atoms with Crippen molar-refractivity contribution in [2.24, 2.45) is 0 Å². The quantitative estimate of drug-likeness (QED) is 0.600. The lowest BCUT2D eigenvalue weighted by molar-refractivity contribution is -0.117. The molecule has 7 heteroatoms. The molecule has 0 aromatic heterocycles. The molecule has 1 atom stereocenters. The van der Waals surface area contributed by atoms with Crippen LogP contribution in [0.4, 0.5) is 0 Å². The molecular formula is C15H10Cl4O3. The van der Waals surface area contributed by atoms with Crippen LogP contribution < -0.4 is 9.47 Å². The highest BCUT2D eigenvalue weighted by molar-refractivity contribution is 6.64. The van der Waals surface area contributed by atoms with Crippen LogP contribution in [0.2, 0.25) is 15.1 Å². The van der Waals surface area contributed by atoms with Crippen molar-refractivity contribution in [3.8, 4) is 17.2 Å². The molecule has 2 rings (SSSR count). The Hall–Kier alpha value is -1.13. The molecule has 0 spiro atoms. The lowest BCUT2D eigenvalue weighted by Gasteiger charge is -2.14. The summed E-state index contributed by atoms with van der Waals surface area (Å²) >= 11 is 23.3. The smallest absolute Gasteiger partial charge is 0.262 e. The zero-order chi connectivity index (χ0) is 16.3. The maximum Gasteiger partial charge on any atom is 0.262 e. The molecular weight excluding hydrogens is 370 g/mol. The Balaban J connectivity index is 2.23. The monoisotopic (exact) mass is 378 g/mol. The normalized spacial score (nSPS) is 11.9. The Morgan fingerprint density at radius 3 is 2.36 bits per heavy atom. The summed E-state index contributed by atoms with van der Waals surface area (Å²) in [6.45, 7) is 1.52. The van der Waals surface area contributed by atoms with Gasteiger partial charge in [-0.25, -0.2) is 0 Å². The highest BCUT2D eigenvalue weighted by Crippen LogP contribution is 2.35. The van der Waals surface area contributed by atoms with Gasteiger partial charge in [0.05, 0.1) is 10.0 Å². The minimum absolute atomic E-state index is 0.283. The van der Waals surface area contributed by atoms with Crippen LogP contribution in [0.1, 0.15) is 6.92 Å². The van der Waals surface area contributed by atoms with Gasteiger partial charge in [0.15, 0.2) is 6.10 Å². The predicted octanol–water partition coefficient (Wildman–Crippen LogP) is 5.97. The van der Waals surface area contributed by atoms with E-state index in [-0.39, 0.29) is 5.75 Å². The molecule has 0 aliphatic heterocycles. The summed E-state index contributed by atoms with van der Waals surface area (Å²) in [7, 11) is 0. The molecule has 0 aliphatic rings. The molecule has 0 bridgehead atoms. The van der Waals surface area contributed by atoms with Gasteiger partial charge in [0.25, 0.3) is 5.24 Å². The summed E-state index contributed by atoms with van der Waals surface area (Å²) in [6.07, 6.45) is -0.825. The van der Waals surface area contributed by atoms with Crippen LogP contribution >= 0.6 is 46.4 Å². The van der Waals surface area contributed by atoms with E-state index in [1.807, 2.05) is 0 Å². The predicted molar refractivity (Wildman–Crippen MR) is 88.9 cm³/mol. The van der Waals surface area contributed by atoms with Crippen LogP contribution in [0.3, 0.4) is 0 Å². The molecule has 0 fully saturated rings. The maximum absolute atomic E-state index is 11.0. The van der Waals surface area contributed by atoms with Gasteiger partial charge in [0.2, 0.25) is 0 Å². The van der Waals surface area contributed by atoms with E-state index in [1.165, 1.54) is 6.92 Å². The standard InChI is InChI=1S/C15H10Cl4O3/c1-8(15(19)20)21-14-7-10(3-4-11(14)17)22-13-5-2-9(16)6-12(13)18/h2-8H,1H3. The van der Waals surface area contributed by atoms with Crippen LogP contribution in [0.5, 0.6) is 17.2 Å². The van der Waals surface area contributed by atoms with Crippen LogP contribution in [-0.2, 0) is 4.79 Å². The summed E-state index contributed by atoms with van der Waals surface area (Å²) in [5.41, 5.74) is 0. The van der Waals surface area contributed by atoms with Crippen LogP contribution in [0.15, 0.2) is 36.4 Å². The van der Waals surface area contributed by atoms with Crippen molar-refractivity contribution < 1.29 is 14.3 Å². The van der Waals surface area contributed by atoms with Gasteiger partial charge in [-0.1, -0.05) is 34.8 Å². The summed E-state index contributed by atoms with van der Waals surface area (Å²) in [4.78, 5) is 11.0. The first-order valence-electron chi connectivity index (χ1n) is 6.15. The van der Waals surface area contributed by atoms with Crippen molar-refractivity contribution in [2.75, 3.05) is 0 Å². The summed E-state index contributed by atoms with van der Waals surface area (Å²) in [5.74, 6) is 1.16. The van der Waals surface area contributed by atoms with Crippen LogP contribution in [0, 0.1) is 0 Å². The third-order valence-electron chi connectivity index (χ3n) is 2.65. The SMILES string of the molecule is CC(Oc1cc(Oc2ccc(Cl)cc2Cl)ccc1Cl)C(=O)Cl. The molecule has 2 aromatic carbocycles. The molecule has 0 amide bonds. The topological polar surface area (TPSA) is 35.5 Å². The van der Waals surface area contributed by atoms with Crippen molar-refractivity contribution in [1.82, 2.24) is 0 Å². The van der Waals surface area contributed by atoms with Crippen LogP contribution in [-0.4, -0.2) is 11.3 Å². The molecule has 1 unspecified atom stereocenters. The number of benzene rings is 2. The Kier molecular flexibility index (Phi) is 5.81. The lowest BCUT2D eigenvalue weighted by atomic mass is 10.3. The van der Waals surface area contributed by atoms with E-state index in [0.717, 1.165) is 0 Å². The van der Waals surface area contributed by atoms with Gasteiger partial charge in [-0.3, -0.25) is 4.79 Å². The molecule has 22 heavy (non-hydrogen) atoms. The van der Waals surface area contributed by atoms with E-state index in [4.69, 9.17) is 55.9 Å². The number of carbonyl (C=O) groups excluding carboxylic acids is 1. The first-order chi connectivity index (χ1) is 10.4. The average molecular weight is 380 g/mol. The minimum Gasteiger partial charge on any atom is -0.480 e. The Labute approximate surface area is 147 Å².